The maximum absolute atomic E-state index is 14.0. The minimum Gasteiger partial charge on any atom is -0.462 e. The van der Waals surface area contributed by atoms with Gasteiger partial charge in [0.2, 0.25) is 11.6 Å². The fraction of sp³-hybridized carbons (Fsp3) is 0.389. The average molecular weight is 322 g/mol. The SMILES string of the molecule is C=CC1CCC(C(=O)Oc2ccc(O/C=C/C)c(F)c2F)CC1. The van der Waals surface area contributed by atoms with Crippen molar-refractivity contribution < 1.29 is 23.0 Å². The van der Waals surface area contributed by atoms with E-state index in [1.807, 2.05) is 6.08 Å². The molecule has 0 heterocycles. The van der Waals surface area contributed by atoms with E-state index in [1.165, 1.54) is 18.4 Å². The highest BCUT2D eigenvalue weighted by Crippen LogP contribution is 2.32. The lowest BCUT2D eigenvalue weighted by atomic mass is 9.82. The van der Waals surface area contributed by atoms with Crippen LogP contribution < -0.4 is 9.47 Å². The summed E-state index contributed by atoms with van der Waals surface area (Å²) >= 11 is 0. The van der Waals surface area contributed by atoms with Crippen LogP contribution in [0, 0.1) is 23.5 Å². The van der Waals surface area contributed by atoms with Crippen LogP contribution in [-0.4, -0.2) is 5.97 Å². The van der Waals surface area contributed by atoms with Gasteiger partial charge in [-0.2, -0.15) is 8.78 Å². The molecule has 0 aliphatic heterocycles. The number of esters is 1. The molecule has 124 valence electrons. The van der Waals surface area contributed by atoms with Gasteiger partial charge in [0.05, 0.1) is 12.2 Å². The topological polar surface area (TPSA) is 35.5 Å². The predicted octanol–water partition coefficient (Wildman–Crippen LogP) is 4.78. The largest absolute Gasteiger partial charge is 0.462 e. The van der Waals surface area contributed by atoms with Crippen LogP contribution in [0.15, 0.2) is 37.1 Å². The van der Waals surface area contributed by atoms with Gasteiger partial charge in [-0.15, -0.1) is 6.58 Å². The molecule has 5 heteroatoms. The molecule has 0 atom stereocenters. The van der Waals surface area contributed by atoms with E-state index in [4.69, 9.17) is 9.47 Å². The molecule has 1 fully saturated rings. The molecule has 0 N–H and O–H groups in total. The Balaban J connectivity index is 2.04. The Morgan fingerprint density at radius 2 is 1.78 bits per heavy atom. The van der Waals surface area contributed by atoms with Crippen LogP contribution in [0.5, 0.6) is 11.5 Å². The highest BCUT2D eigenvalue weighted by Gasteiger charge is 2.28. The van der Waals surface area contributed by atoms with Crippen LogP contribution in [0.3, 0.4) is 0 Å². The zero-order valence-electron chi connectivity index (χ0n) is 13.1. The first-order valence-corrected chi connectivity index (χ1v) is 7.66. The van der Waals surface area contributed by atoms with E-state index in [2.05, 4.69) is 6.58 Å². The van der Waals surface area contributed by atoms with Crippen LogP contribution in [0.1, 0.15) is 32.6 Å². The molecular formula is C18H20F2O3. The summed E-state index contributed by atoms with van der Waals surface area (Å²) in [5.41, 5.74) is 0. The molecule has 0 bridgehead atoms. The molecule has 0 amide bonds. The third-order valence-electron chi connectivity index (χ3n) is 3.99. The number of ether oxygens (including phenoxy) is 2. The van der Waals surface area contributed by atoms with Gasteiger partial charge >= 0.3 is 5.97 Å². The van der Waals surface area contributed by atoms with Gasteiger partial charge in [0.15, 0.2) is 11.5 Å². The number of carbonyl (C=O) groups is 1. The Hall–Kier alpha value is -2.17. The zero-order chi connectivity index (χ0) is 16.8. The van der Waals surface area contributed by atoms with Crippen LogP contribution in [0.25, 0.3) is 0 Å². The fourth-order valence-electron chi connectivity index (χ4n) is 2.61. The van der Waals surface area contributed by atoms with E-state index in [0.717, 1.165) is 12.8 Å². The van der Waals surface area contributed by atoms with Gasteiger partial charge in [0.1, 0.15) is 0 Å². The van der Waals surface area contributed by atoms with Crippen molar-refractivity contribution in [2.45, 2.75) is 32.6 Å². The molecular weight excluding hydrogens is 302 g/mol. The Kier molecular flexibility index (Phi) is 5.90. The van der Waals surface area contributed by atoms with Crippen molar-refractivity contribution in [3.63, 3.8) is 0 Å². The molecule has 1 aromatic carbocycles. The van der Waals surface area contributed by atoms with Gasteiger partial charge in [-0.3, -0.25) is 4.79 Å². The Morgan fingerprint density at radius 1 is 1.17 bits per heavy atom. The molecule has 0 saturated heterocycles. The van der Waals surface area contributed by atoms with Crippen LogP contribution in [-0.2, 0) is 4.79 Å². The Labute approximate surface area is 134 Å². The first-order chi connectivity index (χ1) is 11.1. The quantitative estimate of drug-likeness (QED) is 0.339. The molecule has 1 aliphatic carbocycles. The van der Waals surface area contributed by atoms with Crippen molar-refractivity contribution in [2.24, 2.45) is 11.8 Å². The Morgan fingerprint density at radius 3 is 2.39 bits per heavy atom. The fourth-order valence-corrected chi connectivity index (χ4v) is 2.61. The molecule has 0 unspecified atom stereocenters. The van der Waals surface area contributed by atoms with E-state index in [-0.39, 0.29) is 11.7 Å². The summed E-state index contributed by atoms with van der Waals surface area (Å²) in [4.78, 5) is 12.1. The van der Waals surface area contributed by atoms with Gasteiger partial charge in [-0.25, -0.2) is 0 Å². The molecule has 2 rings (SSSR count). The van der Waals surface area contributed by atoms with Gasteiger partial charge in [-0.1, -0.05) is 12.2 Å². The van der Waals surface area contributed by atoms with Crippen molar-refractivity contribution in [3.05, 3.63) is 48.8 Å². The summed E-state index contributed by atoms with van der Waals surface area (Å²) in [6.45, 7) is 5.43. The van der Waals surface area contributed by atoms with Crippen molar-refractivity contribution in [1.82, 2.24) is 0 Å². The third kappa shape index (κ3) is 4.18. The third-order valence-corrected chi connectivity index (χ3v) is 3.99. The van der Waals surface area contributed by atoms with Gasteiger partial charge in [-0.05, 0) is 50.7 Å². The average Bonchev–Trinajstić information content (AvgIpc) is 2.58. The summed E-state index contributed by atoms with van der Waals surface area (Å²) in [6, 6.07) is 2.43. The van der Waals surface area contributed by atoms with Crippen LogP contribution >= 0.6 is 0 Å². The maximum atomic E-state index is 14.0. The van der Waals surface area contributed by atoms with Crippen molar-refractivity contribution in [2.75, 3.05) is 0 Å². The van der Waals surface area contributed by atoms with Crippen molar-refractivity contribution in [1.29, 1.82) is 0 Å². The summed E-state index contributed by atoms with van der Waals surface area (Å²) in [5.74, 6) is -3.46. The molecule has 23 heavy (non-hydrogen) atoms. The van der Waals surface area contributed by atoms with Gasteiger partial charge in [0, 0.05) is 0 Å². The van der Waals surface area contributed by atoms with Crippen LogP contribution in [0.2, 0.25) is 0 Å². The molecule has 1 saturated carbocycles. The van der Waals surface area contributed by atoms with Gasteiger partial charge in [0.25, 0.3) is 0 Å². The summed E-state index contributed by atoms with van der Waals surface area (Å²) in [5, 5.41) is 0. The molecule has 3 nitrogen and oxygen atoms in total. The number of hydrogen-bond acceptors (Lipinski definition) is 3. The number of carbonyl (C=O) groups excluding carboxylic acids is 1. The number of allylic oxidation sites excluding steroid dienone is 2. The van der Waals surface area contributed by atoms with Crippen molar-refractivity contribution >= 4 is 5.97 Å². The van der Waals surface area contributed by atoms with Gasteiger partial charge < -0.3 is 9.47 Å². The number of rotatable bonds is 5. The van der Waals surface area contributed by atoms with E-state index in [0.29, 0.717) is 18.8 Å². The summed E-state index contributed by atoms with van der Waals surface area (Å²) in [6.07, 6.45) is 7.73. The minimum absolute atomic E-state index is 0.258. The first kappa shape index (κ1) is 17.2. The second-order valence-corrected chi connectivity index (χ2v) is 5.55. The van der Waals surface area contributed by atoms with Crippen molar-refractivity contribution in [3.8, 4) is 11.5 Å². The highest BCUT2D eigenvalue weighted by molar-refractivity contribution is 5.75. The normalized spacial score (nSPS) is 21.2. The monoisotopic (exact) mass is 322 g/mol. The summed E-state index contributed by atoms with van der Waals surface area (Å²) in [7, 11) is 0. The van der Waals surface area contributed by atoms with Crippen LogP contribution in [0.4, 0.5) is 8.78 Å². The molecule has 0 aromatic heterocycles. The smallest absolute Gasteiger partial charge is 0.314 e. The lowest BCUT2D eigenvalue weighted by molar-refractivity contribution is -0.140. The van der Waals surface area contributed by atoms with E-state index in [9.17, 15) is 13.6 Å². The molecule has 0 radical (unpaired) electrons. The lowest BCUT2D eigenvalue weighted by Gasteiger charge is -2.25. The number of hydrogen-bond donors (Lipinski definition) is 0. The highest BCUT2D eigenvalue weighted by atomic mass is 19.2. The Bertz CT molecular complexity index is 603. The molecule has 0 spiro atoms. The summed E-state index contributed by atoms with van der Waals surface area (Å²) < 4.78 is 37.8. The lowest BCUT2D eigenvalue weighted by Crippen LogP contribution is -2.25. The maximum Gasteiger partial charge on any atom is 0.314 e. The van der Waals surface area contributed by atoms with E-state index in [1.54, 1.807) is 13.0 Å². The zero-order valence-corrected chi connectivity index (χ0v) is 13.1. The second kappa shape index (κ2) is 7.90. The molecule has 1 aromatic rings. The first-order valence-electron chi connectivity index (χ1n) is 7.66. The predicted molar refractivity (Wildman–Crippen MR) is 83.1 cm³/mol. The molecule has 1 aliphatic rings. The number of benzene rings is 1. The van der Waals surface area contributed by atoms with E-state index >= 15 is 0 Å². The minimum atomic E-state index is -1.22. The second-order valence-electron chi connectivity index (χ2n) is 5.55. The van der Waals surface area contributed by atoms with E-state index < -0.39 is 23.4 Å². The number of halogens is 2. The standard InChI is InChI=1S/C18H20F2O3/c1-3-11-22-14-9-10-15(17(20)16(14)19)23-18(21)13-7-5-12(4-2)6-8-13/h3-4,9-13H,2,5-8H2,1H3/b11-3+.